The lowest BCUT2D eigenvalue weighted by Gasteiger charge is -2.02. The van der Waals surface area contributed by atoms with Crippen molar-refractivity contribution in [1.82, 2.24) is 0 Å². The van der Waals surface area contributed by atoms with E-state index in [0.717, 1.165) is 12.8 Å². The van der Waals surface area contributed by atoms with E-state index in [1.165, 1.54) is 0 Å². The van der Waals surface area contributed by atoms with Crippen molar-refractivity contribution in [3.05, 3.63) is 24.3 Å². The molecule has 0 aliphatic carbocycles. The molecule has 92 valence electrons. The molecule has 0 saturated carbocycles. The third-order valence-corrected chi connectivity index (χ3v) is 1.93. The fourth-order valence-electron chi connectivity index (χ4n) is 1.08. The van der Waals surface area contributed by atoms with Crippen LogP contribution in [0.4, 0.5) is 13.2 Å². The van der Waals surface area contributed by atoms with E-state index in [4.69, 9.17) is 0 Å². The van der Waals surface area contributed by atoms with Crippen molar-refractivity contribution in [2.24, 2.45) is 0 Å². The first kappa shape index (κ1) is 14.9. The quantitative estimate of drug-likeness (QED) is 0.476. The molecule has 0 atom stereocenters. The van der Waals surface area contributed by atoms with Gasteiger partial charge in [-0.05, 0) is 25.7 Å². The first-order valence-corrected chi connectivity index (χ1v) is 5.38. The summed E-state index contributed by atoms with van der Waals surface area (Å²) in [6.45, 7) is 2.03. The van der Waals surface area contributed by atoms with Gasteiger partial charge in [-0.2, -0.15) is 13.2 Å². The zero-order chi connectivity index (χ0) is 12.4. The molecule has 0 saturated heterocycles. The average Bonchev–Trinajstić information content (AvgIpc) is 2.20. The molecule has 0 amide bonds. The van der Waals surface area contributed by atoms with E-state index in [9.17, 15) is 18.0 Å². The summed E-state index contributed by atoms with van der Waals surface area (Å²) in [7, 11) is 0. The highest BCUT2D eigenvalue weighted by molar-refractivity contribution is 5.83. The van der Waals surface area contributed by atoms with Crippen LogP contribution in [0.1, 0.15) is 39.0 Å². The summed E-state index contributed by atoms with van der Waals surface area (Å²) in [5, 5.41) is 0. The van der Waals surface area contributed by atoms with Crippen molar-refractivity contribution in [3.8, 4) is 0 Å². The molecule has 0 aromatic heterocycles. The van der Waals surface area contributed by atoms with Gasteiger partial charge in [-0.3, -0.25) is 4.79 Å². The standard InChI is InChI=1S/C12H17F3O/c1-2-3-4-5-6-7-8-9-10-11(16)12(13,14)15/h3-4,6-7H,2,5,8-10H2,1H3/b4-3-,7-6-. The largest absolute Gasteiger partial charge is 0.449 e. The number of Topliss-reactive ketones (excluding diaryl/α,β-unsaturated/α-hetero) is 1. The predicted molar refractivity (Wildman–Crippen MR) is 58.1 cm³/mol. The Labute approximate surface area is 94.0 Å². The number of rotatable bonds is 7. The van der Waals surface area contributed by atoms with Crippen LogP contribution < -0.4 is 0 Å². The Morgan fingerprint density at radius 3 is 2.31 bits per heavy atom. The molecule has 0 bridgehead atoms. The van der Waals surface area contributed by atoms with Gasteiger partial charge >= 0.3 is 6.18 Å². The molecule has 0 aromatic carbocycles. The van der Waals surface area contributed by atoms with Crippen molar-refractivity contribution in [3.63, 3.8) is 0 Å². The number of carbonyl (C=O) groups excluding carboxylic acids is 1. The molecule has 0 aliphatic rings. The molecule has 0 unspecified atom stereocenters. The zero-order valence-corrected chi connectivity index (χ0v) is 9.39. The summed E-state index contributed by atoms with van der Waals surface area (Å²) >= 11 is 0. The average molecular weight is 234 g/mol. The second kappa shape index (κ2) is 8.13. The molecule has 0 radical (unpaired) electrons. The van der Waals surface area contributed by atoms with Crippen LogP contribution >= 0.6 is 0 Å². The highest BCUT2D eigenvalue weighted by atomic mass is 19.4. The maximum Gasteiger partial charge on any atom is 0.449 e. The second-order valence-corrected chi connectivity index (χ2v) is 3.40. The second-order valence-electron chi connectivity index (χ2n) is 3.40. The monoisotopic (exact) mass is 234 g/mol. The number of carbonyl (C=O) groups is 1. The van der Waals surface area contributed by atoms with Gasteiger partial charge in [0.05, 0.1) is 0 Å². The molecule has 0 N–H and O–H groups in total. The summed E-state index contributed by atoms with van der Waals surface area (Å²) in [6.07, 6.45) is 5.18. The number of hydrogen-bond donors (Lipinski definition) is 0. The van der Waals surface area contributed by atoms with Crippen molar-refractivity contribution in [2.75, 3.05) is 0 Å². The molecule has 0 aromatic rings. The first-order valence-electron chi connectivity index (χ1n) is 5.38. The van der Waals surface area contributed by atoms with Gasteiger partial charge in [-0.25, -0.2) is 0 Å². The van der Waals surface area contributed by atoms with Crippen LogP contribution in [-0.2, 0) is 4.79 Å². The van der Waals surface area contributed by atoms with Gasteiger partial charge in [-0.1, -0.05) is 31.2 Å². The normalized spacial score (nSPS) is 12.8. The van der Waals surface area contributed by atoms with Crippen LogP contribution in [-0.4, -0.2) is 12.0 Å². The van der Waals surface area contributed by atoms with Crippen molar-refractivity contribution in [2.45, 2.75) is 45.2 Å². The smallest absolute Gasteiger partial charge is 0.290 e. The van der Waals surface area contributed by atoms with Crippen LogP contribution in [0.5, 0.6) is 0 Å². The van der Waals surface area contributed by atoms with Crippen LogP contribution in [0.15, 0.2) is 24.3 Å². The lowest BCUT2D eigenvalue weighted by atomic mass is 10.1. The van der Waals surface area contributed by atoms with Gasteiger partial charge in [0.25, 0.3) is 0 Å². The van der Waals surface area contributed by atoms with Crippen molar-refractivity contribution in [1.29, 1.82) is 0 Å². The summed E-state index contributed by atoms with van der Waals surface area (Å²) in [6, 6.07) is 0. The molecule has 16 heavy (non-hydrogen) atoms. The summed E-state index contributed by atoms with van der Waals surface area (Å²) in [5.74, 6) is -1.63. The highest BCUT2D eigenvalue weighted by Crippen LogP contribution is 2.19. The molecule has 4 heteroatoms. The van der Waals surface area contributed by atoms with Gasteiger partial charge < -0.3 is 0 Å². The molecule has 0 fully saturated rings. The van der Waals surface area contributed by atoms with Gasteiger partial charge in [0, 0.05) is 6.42 Å². The van der Waals surface area contributed by atoms with E-state index < -0.39 is 18.4 Å². The number of ketones is 1. The SMILES string of the molecule is CC/C=C\C/C=C\CCCC(=O)C(F)(F)F. The number of unbranched alkanes of at least 4 members (excludes halogenated alkanes) is 1. The summed E-state index contributed by atoms with van der Waals surface area (Å²) in [4.78, 5) is 10.5. The third kappa shape index (κ3) is 8.26. The van der Waals surface area contributed by atoms with Crippen molar-refractivity contribution < 1.29 is 18.0 Å². The van der Waals surface area contributed by atoms with Gasteiger partial charge in [0.1, 0.15) is 0 Å². The Bertz CT molecular complexity index is 251. The molecule has 0 heterocycles. The van der Waals surface area contributed by atoms with Crippen LogP contribution in [0.25, 0.3) is 0 Å². The van der Waals surface area contributed by atoms with Gasteiger partial charge in [-0.15, -0.1) is 0 Å². The fraction of sp³-hybridized carbons (Fsp3) is 0.583. The Morgan fingerprint density at radius 2 is 1.75 bits per heavy atom. The minimum absolute atomic E-state index is 0.256. The Balaban J connectivity index is 3.54. The van der Waals surface area contributed by atoms with E-state index in [2.05, 4.69) is 0 Å². The number of alkyl halides is 3. The van der Waals surface area contributed by atoms with E-state index in [1.807, 2.05) is 31.2 Å². The first-order chi connectivity index (χ1) is 7.48. The molecule has 0 aliphatic heterocycles. The van der Waals surface area contributed by atoms with Crippen LogP contribution in [0, 0.1) is 0 Å². The molecule has 0 rings (SSSR count). The number of allylic oxidation sites excluding steroid dienone is 4. The fourth-order valence-corrected chi connectivity index (χ4v) is 1.08. The maximum absolute atomic E-state index is 11.8. The minimum Gasteiger partial charge on any atom is -0.290 e. The van der Waals surface area contributed by atoms with E-state index in [0.29, 0.717) is 6.42 Å². The summed E-state index contributed by atoms with van der Waals surface area (Å²) in [5.41, 5.74) is 0. The third-order valence-electron chi connectivity index (χ3n) is 1.93. The van der Waals surface area contributed by atoms with Crippen LogP contribution in [0.3, 0.4) is 0 Å². The Morgan fingerprint density at radius 1 is 1.12 bits per heavy atom. The van der Waals surface area contributed by atoms with Crippen molar-refractivity contribution >= 4 is 5.78 Å². The topological polar surface area (TPSA) is 17.1 Å². The molecular weight excluding hydrogens is 217 g/mol. The van der Waals surface area contributed by atoms with E-state index in [-0.39, 0.29) is 6.42 Å². The molecule has 1 nitrogen and oxygen atoms in total. The highest BCUT2D eigenvalue weighted by Gasteiger charge is 2.36. The lowest BCUT2D eigenvalue weighted by Crippen LogP contribution is -2.22. The van der Waals surface area contributed by atoms with E-state index in [1.54, 1.807) is 0 Å². The zero-order valence-electron chi connectivity index (χ0n) is 9.39. The van der Waals surface area contributed by atoms with Crippen LogP contribution in [0.2, 0.25) is 0 Å². The minimum atomic E-state index is -4.67. The molecular formula is C12H17F3O. The molecule has 0 spiro atoms. The maximum atomic E-state index is 11.8. The van der Waals surface area contributed by atoms with Gasteiger partial charge in [0.2, 0.25) is 5.78 Å². The Kier molecular flexibility index (Phi) is 7.60. The number of halogens is 3. The van der Waals surface area contributed by atoms with E-state index >= 15 is 0 Å². The number of hydrogen-bond acceptors (Lipinski definition) is 1. The predicted octanol–water partition coefficient (Wildman–Crippen LogP) is 4.20. The Hall–Kier alpha value is -1.06. The van der Waals surface area contributed by atoms with Gasteiger partial charge in [0.15, 0.2) is 0 Å². The lowest BCUT2D eigenvalue weighted by molar-refractivity contribution is -0.171. The summed E-state index contributed by atoms with van der Waals surface area (Å²) < 4.78 is 35.4.